The summed E-state index contributed by atoms with van der Waals surface area (Å²) in [7, 11) is 17.3. The molecule has 21 heavy (non-hydrogen) atoms. The first-order valence-electron chi connectivity index (χ1n) is 2.55. The molecule has 0 amide bonds. The summed E-state index contributed by atoms with van der Waals surface area (Å²) < 4.78 is 0. The molecule has 0 aliphatic rings. The zero-order chi connectivity index (χ0) is 16.4. The molecule has 4 nitrogen and oxygen atoms in total. The van der Waals surface area contributed by atoms with E-state index in [4.69, 9.17) is 20.4 Å². The number of hydrogen-bond donors (Lipinski definition) is 2. The largest absolute Gasteiger partial charge is 0.255 e. The smallest absolute Gasteiger partial charge is 0 e. The molecule has 0 spiro atoms. The quantitative estimate of drug-likeness (QED) is 0.240. The number of rotatable bonds is 0. The van der Waals surface area contributed by atoms with Crippen LogP contribution in [0, 0.1) is 9.93 Å². The van der Waals surface area contributed by atoms with Gasteiger partial charge in [-0.1, -0.05) is 30.2 Å². The molecule has 138 valence electrons. The van der Waals surface area contributed by atoms with Crippen molar-refractivity contribution in [3.05, 3.63) is 9.93 Å². The van der Waals surface area contributed by atoms with Gasteiger partial charge in [-0.25, -0.2) is 0 Å². The van der Waals surface area contributed by atoms with Crippen molar-refractivity contribution in [3.8, 4) is 0 Å². The zero-order valence-electron chi connectivity index (χ0n) is 8.40. The predicted octanol–water partition coefficient (Wildman–Crippen LogP) is 5.06. The van der Waals surface area contributed by atoms with Crippen molar-refractivity contribution in [2.24, 2.45) is 0 Å². The molecule has 0 bridgehead atoms. The van der Waals surface area contributed by atoms with Gasteiger partial charge in [-0.05, 0) is 6.99 Å². The third kappa shape index (κ3) is 456. The molecule has 0 radical (unpaired) electrons. The summed E-state index contributed by atoms with van der Waals surface area (Å²) in [5, 5.41) is 12.0. The molecule has 0 aliphatic heterocycles. The van der Waals surface area contributed by atoms with E-state index in [0.717, 1.165) is 16.8 Å². The van der Waals surface area contributed by atoms with Crippen molar-refractivity contribution < 1.29 is 10.5 Å². The summed E-state index contributed by atoms with van der Waals surface area (Å²) in [6, 6.07) is 0. The number of hydrogen-bond acceptors (Lipinski definition) is 8. The summed E-state index contributed by atoms with van der Waals surface area (Å²) in [4.78, 5) is 14.0. The van der Waals surface area contributed by atoms with E-state index in [9.17, 15) is 0 Å². The lowest BCUT2D eigenvalue weighted by Gasteiger charge is -1.81. The average molecular weight is 567 g/mol. The minimum atomic E-state index is 0. The summed E-state index contributed by atoms with van der Waals surface area (Å²) in [6.45, 7) is 0.130. The van der Waals surface area contributed by atoms with E-state index >= 15 is 0 Å². The van der Waals surface area contributed by atoms with Crippen LogP contribution in [-0.4, -0.2) is 10.5 Å². The van der Waals surface area contributed by atoms with Crippen LogP contribution >= 0.6 is 59.6 Å². The van der Waals surface area contributed by atoms with Gasteiger partial charge in [-0.15, -0.1) is 44.6 Å². The zero-order valence-corrected chi connectivity index (χ0v) is 21.8. The Kier molecular flexibility index (Phi) is 280. The minimum absolute atomic E-state index is 0. The maximum atomic E-state index is 7.00. The van der Waals surface area contributed by atoms with E-state index in [1.165, 1.54) is 17.8 Å². The Balaban J connectivity index is -0.0000000117. The second kappa shape index (κ2) is 105. The Morgan fingerprint density at radius 3 is 0.857 bits per heavy atom. The van der Waals surface area contributed by atoms with Crippen LogP contribution in [0.1, 0.15) is 22.3 Å². The molecule has 0 aromatic heterocycles. The first-order valence-corrected chi connectivity index (χ1v) is 20.0. The van der Waals surface area contributed by atoms with Crippen molar-refractivity contribution in [3.63, 3.8) is 0 Å². The molecule has 5 atom stereocenters. The molecular formula is C3H25O4P7S7. The molecule has 5 unspecified atom stereocenters. The third-order valence-corrected chi connectivity index (χ3v) is 2.25. The Bertz CT molecular complexity index is 196. The van der Waals surface area contributed by atoms with E-state index in [0.29, 0.717) is 0 Å². The van der Waals surface area contributed by atoms with Crippen LogP contribution in [0.3, 0.4) is 0 Å². The fourth-order valence-electron chi connectivity index (χ4n) is 0. The molecule has 0 saturated carbocycles. The first-order chi connectivity index (χ1) is 8.47. The van der Waals surface area contributed by atoms with Crippen molar-refractivity contribution in [2.45, 2.75) is 22.3 Å². The topological polar surface area (TPSA) is 74.6 Å². The highest BCUT2D eigenvalue weighted by atomic mass is 33.2. The molecular weight excluding hydrogens is 541 g/mol. The first kappa shape index (κ1) is 56.2. The third-order valence-electron chi connectivity index (χ3n) is 0.0278. The van der Waals surface area contributed by atoms with Gasteiger partial charge in [0, 0.05) is 81.3 Å². The van der Waals surface area contributed by atoms with Crippen LogP contribution in [0.25, 0.3) is 0 Å². The summed E-state index contributed by atoms with van der Waals surface area (Å²) >= 11 is 16.9. The highest BCUT2D eigenvalue weighted by molar-refractivity contribution is 8.65. The van der Waals surface area contributed by atoms with Crippen molar-refractivity contribution in [2.75, 3.05) is 0 Å². The SMILES string of the molecule is C.C.C.O=O.OO.PP(P)P.PPP.S=S=S.S=S=S=S. The van der Waals surface area contributed by atoms with Gasteiger partial charge < -0.3 is 0 Å². The fraction of sp³-hybridized carbons (Fsp3) is 1.00. The molecule has 0 aromatic carbocycles. The van der Waals surface area contributed by atoms with Gasteiger partial charge in [0.15, 0.2) is 0 Å². The van der Waals surface area contributed by atoms with Crippen LogP contribution < -0.4 is 0 Å². The van der Waals surface area contributed by atoms with Gasteiger partial charge in [0.05, 0.1) is 0 Å². The van der Waals surface area contributed by atoms with Crippen molar-refractivity contribution >= 4 is 131 Å². The van der Waals surface area contributed by atoms with Gasteiger partial charge >= 0.3 is 0 Å². The standard InChI is InChI=1S/3CH4.H2O2.O2.H6P4.H5P3.S4.S3/c;;;2*1-2;1-4(2)3;1-3-2;1-3-4-2;1-3-2/h3*1H4;1-2H;;1-3H2;3H,1-2H2;;. The maximum Gasteiger partial charge on any atom is 0 e. The van der Waals surface area contributed by atoms with E-state index in [1.54, 1.807) is 0 Å². The normalized spacial score (nSPS) is 4.57. The highest BCUT2D eigenvalue weighted by Crippen LogP contribution is 2.59. The lowest BCUT2D eigenvalue weighted by atomic mass is 12.0. The summed E-state index contributed by atoms with van der Waals surface area (Å²) in [6.07, 6.45) is 0. The Morgan fingerprint density at radius 1 is 0.810 bits per heavy atom. The monoisotopic (exact) mass is 566 g/mol. The molecule has 0 saturated heterocycles. The van der Waals surface area contributed by atoms with Gasteiger partial charge in [0.1, 0.15) is 0 Å². The molecule has 0 aromatic rings. The van der Waals surface area contributed by atoms with Crippen LogP contribution in [0.15, 0.2) is 0 Å². The maximum absolute atomic E-state index is 7.00. The Hall–Kier alpha value is 4.07. The summed E-state index contributed by atoms with van der Waals surface area (Å²) in [5.41, 5.74) is 0. The lowest BCUT2D eigenvalue weighted by Crippen LogP contribution is -1.29. The van der Waals surface area contributed by atoms with E-state index in [-0.39, 0.29) is 29.3 Å². The Morgan fingerprint density at radius 2 is 0.857 bits per heavy atom. The fourth-order valence-corrected chi connectivity index (χ4v) is 0. The lowest BCUT2D eigenvalue weighted by molar-refractivity contribution is -0.176. The van der Waals surface area contributed by atoms with E-state index < -0.39 is 0 Å². The molecule has 0 fully saturated rings. The highest BCUT2D eigenvalue weighted by Gasteiger charge is 1.66. The van der Waals surface area contributed by atoms with Gasteiger partial charge in [0.2, 0.25) is 0 Å². The summed E-state index contributed by atoms with van der Waals surface area (Å²) in [5.74, 6) is 0. The van der Waals surface area contributed by atoms with E-state index in [2.05, 4.69) is 89.4 Å². The molecule has 2 N–H and O–H groups in total. The van der Waals surface area contributed by atoms with Gasteiger partial charge in [0.25, 0.3) is 0 Å². The average Bonchev–Trinajstić information content (AvgIpc) is 2.35. The minimum Gasteiger partial charge on any atom is -0.255 e. The van der Waals surface area contributed by atoms with Gasteiger partial charge in [-0.3, -0.25) is 10.5 Å². The van der Waals surface area contributed by atoms with E-state index in [1.807, 2.05) is 0 Å². The van der Waals surface area contributed by atoms with Crippen molar-refractivity contribution in [1.82, 2.24) is 0 Å². The van der Waals surface area contributed by atoms with Crippen molar-refractivity contribution in [1.29, 1.82) is 0 Å². The molecule has 0 rings (SSSR count). The second-order valence-corrected chi connectivity index (χ2v) is 22.1. The van der Waals surface area contributed by atoms with Crippen LogP contribution in [-0.2, 0) is 71.4 Å². The van der Waals surface area contributed by atoms with Crippen LogP contribution in [0.2, 0.25) is 0 Å². The molecule has 0 aliphatic carbocycles. The second-order valence-electron chi connectivity index (χ2n) is 0.818. The predicted molar refractivity (Wildman–Crippen MR) is 148 cm³/mol. The van der Waals surface area contributed by atoms with Crippen LogP contribution in [0.5, 0.6) is 0 Å². The Labute approximate surface area is 172 Å². The van der Waals surface area contributed by atoms with Crippen LogP contribution in [0.4, 0.5) is 0 Å². The van der Waals surface area contributed by atoms with Gasteiger partial charge in [-0.2, -0.15) is 0 Å². The molecule has 18 heteroatoms. The molecule has 0 heterocycles.